The Morgan fingerprint density at radius 3 is 2.33 bits per heavy atom. The zero-order chi connectivity index (χ0) is 4.99. The topological polar surface area (TPSA) is 47.3 Å². The second kappa shape index (κ2) is 3.50. The third kappa shape index (κ3) is 2.54. The van der Waals surface area contributed by atoms with E-state index in [1.165, 1.54) is 0 Å². The van der Waals surface area contributed by atoms with Crippen molar-refractivity contribution in [3.05, 3.63) is 0 Å². The van der Waals surface area contributed by atoms with E-state index in [1.54, 1.807) is 14.2 Å². The quantitative estimate of drug-likeness (QED) is 0.491. The lowest BCUT2D eigenvalue weighted by Crippen LogP contribution is -2.05. The largest absolute Gasteiger partial charge is 0.335 e. The van der Waals surface area contributed by atoms with E-state index in [0.29, 0.717) is 0 Å². The van der Waals surface area contributed by atoms with Gasteiger partial charge in [-0.05, 0) is 7.05 Å². The minimum Gasteiger partial charge on any atom is -0.335 e. The molecule has 0 heterocycles. The first-order chi connectivity index (χ1) is 2.81. The monoisotopic (exact) mass is 108 g/mol. The summed E-state index contributed by atoms with van der Waals surface area (Å²) in [5.41, 5.74) is 5.20. The molecule has 0 aliphatic rings. The van der Waals surface area contributed by atoms with Crippen LogP contribution in [0.2, 0.25) is 0 Å². The van der Waals surface area contributed by atoms with Crippen LogP contribution < -0.4 is 10.6 Å². The Bertz CT molecular complexity index is 30.7. The molecule has 0 aromatic rings. The van der Waals surface area contributed by atoms with Crippen molar-refractivity contribution in [3.8, 4) is 0 Å². The second-order valence-corrected chi connectivity index (χ2v) is 2.20. The lowest BCUT2D eigenvalue weighted by molar-refractivity contribution is 0.455. The van der Waals surface area contributed by atoms with Gasteiger partial charge in [-0.25, -0.2) is 0 Å². The summed E-state index contributed by atoms with van der Waals surface area (Å²) in [4.78, 5) is 0. The van der Waals surface area contributed by atoms with E-state index in [-0.39, 0.29) is 0 Å². The maximum absolute atomic E-state index is 5.20. The van der Waals surface area contributed by atoms with Crippen LogP contribution in [0.1, 0.15) is 0 Å². The molecule has 0 aromatic heterocycles. The highest BCUT2D eigenvalue weighted by Gasteiger charge is 1.87. The fraction of sp³-hybridized carbons (Fsp3) is 1.00. The van der Waals surface area contributed by atoms with Gasteiger partial charge in [-0.1, -0.05) is 0 Å². The van der Waals surface area contributed by atoms with Gasteiger partial charge in [-0.3, -0.25) is 10.6 Å². The molecule has 0 amide bonds. The Labute approximate surface area is 38.8 Å². The van der Waals surface area contributed by atoms with Crippen molar-refractivity contribution in [2.75, 3.05) is 14.2 Å². The van der Waals surface area contributed by atoms with Crippen LogP contribution in [-0.4, -0.2) is 14.2 Å². The van der Waals surface area contributed by atoms with Gasteiger partial charge in [0.15, 0.2) is 8.45 Å². The summed E-state index contributed by atoms with van der Waals surface area (Å²) in [7, 11) is 2.50. The van der Waals surface area contributed by atoms with Crippen molar-refractivity contribution in [1.29, 1.82) is 0 Å². The summed E-state index contributed by atoms with van der Waals surface area (Å²) < 4.78 is 4.63. The van der Waals surface area contributed by atoms with Gasteiger partial charge in [0.05, 0.1) is 0 Å². The maximum Gasteiger partial charge on any atom is 0.178 e. The Morgan fingerprint density at radius 2 is 2.33 bits per heavy atom. The third-order valence-corrected chi connectivity index (χ3v) is 1.25. The summed E-state index contributed by atoms with van der Waals surface area (Å²) in [6.07, 6.45) is 0. The van der Waals surface area contributed by atoms with Crippen LogP contribution in [0.4, 0.5) is 0 Å². The second-order valence-electron chi connectivity index (χ2n) is 0.732. The van der Waals surface area contributed by atoms with E-state index < -0.39 is 8.45 Å². The zero-order valence-electron chi connectivity index (χ0n) is 3.93. The SMILES string of the molecule is CNP(N)OC. The molecular weight excluding hydrogens is 99.0 g/mol. The first kappa shape index (κ1) is 6.31. The predicted molar refractivity (Wildman–Crippen MR) is 27.2 cm³/mol. The average Bonchev–Trinajstić information content (AvgIpc) is 1.65. The molecule has 4 heteroatoms. The van der Waals surface area contributed by atoms with Gasteiger partial charge < -0.3 is 4.52 Å². The zero-order valence-corrected chi connectivity index (χ0v) is 4.83. The summed E-state index contributed by atoms with van der Waals surface area (Å²) >= 11 is 0. The minimum atomic E-state index is -0.826. The molecule has 0 saturated heterocycles. The molecule has 38 valence electrons. The summed E-state index contributed by atoms with van der Waals surface area (Å²) in [6, 6.07) is 0. The van der Waals surface area contributed by atoms with Gasteiger partial charge >= 0.3 is 0 Å². The number of nitrogens with two attached hydrogens (primary N) is 1. The molecule has 0 saturated carbocycles. The first-order valence-corrected chi connectivity index (χ1v) is 2.90. The van der Waals surface area contributed by atoms with Crippen LogP contribution in [0.5, 0.6) is 0 Å². The van der Waals surface area contributed by atoms with E-state index in [9.17, 15) is 0 Å². The van der Waals surface area contributed by atoms with Crippen LogP contribution in [0.3, 0.4) is 0 Å². The van der Waals surface area contributed by atoms with E-state index in [0.717, 1.165) is 0 Å². The maximum atomic E-state index is 5.20. The van der Waals surface area contributed by atoms with Gasteiger partial charge in [0.25, 0.3) is 0 Å². The van der Waals surface area contributed by atoms with Gasteiger partial charge in [0, 0.05) is 7.11 Å². The first-order valence-electron chi connectivity index (χ1n) is 1.57. The van der Waals surface area contributed by atoms with Gasteiger partial charge in [-0.15, -0.1) is 0 Å². The van der Waals surface area contributed by atoms with Crippen molar-refractivity contribution in [3.63, 3.8) is 0 Å². The highest BCUT2D eigenvalue weighted by atomic mass is 31.2. The van der Waals surface area contributed by atoms with E-state index >= 15 is 0 Å². The van der Waals surface area contributed by atoms with Crippen LogP contribution >= 0.6 is 8.45 Å². The lowest BCUT2D eigenvalue weighted by Gasteiger charge is -2.02. The molecule has 6 heavy (non-hydrogen) atoms. The van der Waals surface area contributed by atoms with Crippen LogP contribution in [0.15, 0.2) is 0 Å². The molecule has 1 unspecified atom stereocenters. The van der Waals surface area contributed by atoms with Crippen molar-refractivity contribution in [2.24, 2.45) is 5.50 Å². The van der Waals surface area contributed by atoms with E-state index in [1.807, 2.05) is 0 Å². The molecule has 0 aliphatic carbocycles. The molecule has 3 nitrogen and oxygen atoms in total. The third-order valence-electron chi connectivity index (χ3n) is 0.417. The predicted octanol–water partition coefficient (Wildman–Crippen LogP) is 0.0378. The summed E-state index contributed by atoms with van der Waals surface area (Å²) in [6.45, 7) is 0. The average molecular weight is 108 g/mol. The molecule has 0 spiro atoms. The number of nitrogens with one attached hydrogen (secondary N) is 1. The number of hydrogen-bond acceptors (Lipinski definition) is 3. The molecule has 0 aromatic carbocycles. The molecular formula is C2H9N2OP. The van der Waals surface area contributed by atoms with Gasteiger partial charge in [0.1, 0.15) is 0 Å². The molecule has 0 rings (SSSR count). The Kier molecular flexibility index (Phi) is 3.68. The van der Waals surface area contributed by atoms with Crippen molar-refractivity contribution < 1.29 is 4.52 Å². The minimum absolute atomic E-state index is 0.826. The molecule has 0 radical (unpaired) electrons. The van der Waals surface area contributed by atoms with Crippen molar-refractivity contribution in [2.45, 2.75) is 0 Å². The summed E-state index contributed by atoms with van der Waals surface area (Å²) in [5, 5.41) is 2.73. The fourth-order valence-electron chi connectivity index (χ4n) is 0.0913. The number of hydrogen-bond donors (Lipinski definition) is 2. The molecule has 1 atom stereocenters. The molecule has 0 fully saturated rings. The lowest BCUT2D eigenvalue weighted by atomic mass is 11.6. The van der Waals surface area contributed by atoms with Crippen molar-refractivity contribution >= 4 is 8.45 Å². The Balaban J connectivity index is 2.75. The van der Waals surface area contributed by atoms with Crippen LogP contribution in [0.25, 0.3) is 0 Å². The van der Waals surface area contributed by atoms with E-state index in [2.05, 4.69) is 9.61 Å². The molecule has 0 aliphatic heterocycles. The van der Waals surface area contributed by atoms with E-state index in [4.69, 9.17) is 5.50 Å². The van der Waals surface area contributed by atoms with Crippen molar-refractivity contribution in [1.82, 2.24) is 5.09 Å². The van der Waals surface area contributed by atoms with Crippen LogP contribution in [-0.2, 0) is 4.52 Å². The standard InChI is InChI=1S/C2H9N2OP/c1-4-6(3)5-2/h4H,3H2,1-2H3. The smallest absolute Gasteiger partial charge is 0.178 e. The fourth-order valence-corrected chi connectivity index (χ4v) is 0.274. The summed E-state index contributed by atoms with van der Waals surface area (Å²) in [5.74, 6) is 0. The highest BCUT2D eigenvalue weighted by molar-refractivity contribution is 7.47. The molecule has 3 N–H and O–H groups in total. The Hall–Kier alpha value is 0.310. The molecule has 0 bridgehead atoms. The van der Waals surface area contributed by atoms with Crippen LogP contribution in [0, 0.1) is 0 Å². The number of rotatable bonds is 2. The Morgan fingerprint density at radius 1 is 1.83 bits per heavy atom. The normalized spacial score (nSPS) is 14.5. The van der Waals surface area contributed by atoms with Gasteiger partial charge in [-0.2, -0.15) is 0 Å². The highest BCUT2D eigenvalue weighted by Crippen LogP contribution is 2.15. The van der Waals surface area contributed by atoms with Gasteiger partial charge in [0.2, 0.25) is 0 Å².